The first kappa shape index (κ1) is 11.1. The molecule has 84 valence electrons. The predicted molar refractivity (Wildman–Crippen MR) is 62.4 cm³/mol. The fraction of sp³-hybridized carbons (Fsp3) is 0.200. The van der Waals surface area contributed by atoms with Gasteiger partial charge in [0.25, 0.3) is 0 Å². The van der Waals surface area contributed by atoms with Crippen molar-refractivity contribution in [2.75, 3.05) is 5.32 Å². The van der Waals surface area contributed by atoms with Crippen LogP contribution in [0.4, 0.5) is 10.1 Å². The third-order valence-electron chi connectivity index (χ3n) is 2.20. The molecule has 1 N–H and O–H groups in total. The van der Waals surface area contributed by atoms with E-state index in [1.54, 1.807) is 16.9 Å². The molecule has 0 spiro atoms. The number of halogens is 2. The molecule has 0 aliphatic rings. The first-order chi connectivity index (χ1) is 7.66. The van der Waals surface area contributed by atoms with E-state index in [0.717, 1.165) is 10.2 Å². The van der Waals surface area contributed by atoms with E-state index < -0.39 is 0 Å². The summed E-state index contributed by atoms with van der Waals surface area (Å²) >= 11 is 3.35. The lowest BCUT2D eigenvalue weighted by Crippen LogP contribution is -2.05. The van der Waals surface area contributed by atoms with Crippen LogP contribution in [0, 0.1) is 5.82 Å². The van der Waals surface area contributed by atoms with E-state index in [2.05, 4.69) is 31.6 Å². The zero-order chi connectivity index (χ0) is 11.5. The number of aromatic nitrogens is 3. The molecule has 0 amide bonds. The van der Waals surface area contributed by atoms with Crippen molar-refractivity contribution >= 4 is 21.6 Å². The first-order valence-corrected chi connectivity index (χ1v) is 5.48. The normalized spacial score (nSPS) is 10.4. The van der Waals surface area contributed by atoms with Crippen molar-refractivity contribution in [3.8, 4) is 0 Å². The molecule has 0 aliphatic heterocycles. The van der Waals surface area contributed by atoms with E-state index in [1.165, 1.54) is 12.1 Å². The van der Waals surface area contributed by atoms with Crippen LogP contribution in [0.5, 0.6) is 0 Å². The van der Waals surface area contributed by atoms with Gasteiger partial charge >= 0.3 is 0 Å². The third-order valence-corrected chi connectivity index (χ3v) is 2.89. The highest BCUT2D eigenvalue weighted by molar-refractivity contribution is 9.10. The minimum absolute atomic E-state index is 0.270. The van der Waals surface area contributed by atoms with Gasteiger partial charge in [0.2, 0.25) is 0 Å². The molecule has 0 saturated carbocycles. The molecular weight excluding hydrogens is 275 g/mol. The van der Waals surface area contributed by atoms with Crippen molar-refractivity contribution in [3.05, 3.63) is 40.4 Å². The lowest BCUT2D eigenvalue weighted by atomic mass is 10.3. The number of rotatable bonds is 3. The number of hydrogen-bond donors (Lipinski definition) is 1. The zero-order valence-corrected chi connectivity index (χ0v) is 10.2. The summed E-state index contributed by atoms with van der Waals surface area (Å²) in [6.07, 6.45) is 1.67. The number of benzene rings is 1. The predicted octanol–water partition coefficient (Wildman–Crippen LogP) is 2.33. The Hall–Kier alpha value is -1.43. The average molecular weight is 285 g/mol. The molecule has 6 heteroatoms. The van der Waals surface area contributed by atoms with Crippen LogP contribution in [0.15, 0.2) is 28.9 Å². The van der Waals surface area contributed by atoms with Crippen LogP contribution in [-0.2, 0) is 13.6 Å². The molecule has 1 aromatic heterocycles. The Bertz CT molecular complexity index is 497. The number of nitrogens with zero attached hydrogens (tertiary/aromatic N) is 3. The van der Waals surface area contributed by atoms with Crippen LogP contribution in [0.2, 0.25) is 0 Å². The van der Waals surface area contributed by atoms with Gasteiger partial charge in [0.1, 0.15) is 5.82 Å². The molecule has 2 aromatic rings. The monoisotopic (exact) mass is 284 g/mol. The molecule has 0 saturated heterocycles. The first-order valence-electron chi connectivity index (χ1n) is 4.69. The van der Waals surface area contributed by atoms with Crippen LogP contribution in [0.25, 0.3) is 0 Å². The molecule has 0 atom stereocenters. The molecule has 1 aromatic carbocycles. The highest BCUT2D eigenvalue weighted by Gasteiger charge is 2.03. The molecule has 0 fully saturated rings. The van der Waals surface area contributed by atoms with Crippen LogP contribution in [0.3, 0.4) is 0 Å². The van der Waals surface area contributed by atoms with Gasteiger partial charge in [0, 0.05) is 11.5 Å². The molecule has 2 rings (SSSR count). The summed E-state index contributed by atoms with van der Waals surface area (Å²) in [4.78, 5) is 0. The molecule has 1 heterocycles. The lowest BCUT2D eigenvalue weighted by molar-refractivity contribution is 0.627. The van der Waals surface area contributed by atoms with Gasteiger partial charge in [-0.2, -0.15) is 0 Å². The van der Waals surface area contributed by atoms with Gasteiger partial charge in [0.05, 0.1) is 24.1 Å². The molecular formula is C10H10BrFN4. The third kappa shape index (κ3) is 2.38. The quantitative estimate of drug-likeness (QED) is 0.941. The highest BCUT2D eigenvalue weighted by Crippen LogP contribution is 2.23. The minimum atomic E-state index is -0.270. The number of nitrogens with one attached hydrogen (secondary N) is 1. The fourth-order valence-corrected chi connectivity index (χ4v) is 1.68. The average Bonchev–Trinajstić information content (AvgIpc) is 2.66. The van der Waals surface area contributed by atoms with Gasteiger partial charge in [-0.25, -0.2) is 4.39 Å². The van der Waals surface area contributed by atoms with E-state index in [1.807, 2.05) is 7.05 Å². The van der Waals surface area contributed by atoms with Gasteiger partial charge in [-0.15, -0.1) is 5.10 Å². The van der Waals surface area contributed by atoms with Crippen molar-refractivity contribution in [2.45, 2.75) is 6.54 Å². The van der Waals surface area contributed by atoms with Gasteiger partial charge < -0.3 is 5.32 Å². The van der Waals surface area contributed by atoms with E-state index >= 15 is 0 Å². The topological polar surface area (TPSA) is 42.7 Å². The van der Waals surface area contributed by atoms with Crippen molar-refractivity contribution in [2.24, 2.45) is 7.05 Å². The molecule has 0 unspecified atom stereocenters. The molecule has 0 aliphatic carbocycles. The van der Waals surface area contributed by atoms with Crippen molar-refractivity contribution < 1.29 is 4.39 Å². The second-order valence-electron chi connectivity index (χ2n) is 3.33. The Labute approximate surface area is 101 Å². The minimum Gasteiger partial charge on any atom is -0.378 e. The highest BCUT2D eigenvalue weighted by atomic mass is 79.9. The molecule has 16 heavy (non-hydrogen) atoms. The summed E-state index contributed by atoms with van der Waals surface area (Å²) in [5.41, 5.74) is 1.64. The number of hydrogen-bond acceptors (Lipinski definition) is 3. The largest absolute Gasteiger partial charge is 0.378 e. The van der Waals surface area contributed by atoms with Gasteiger partial charge in [-0.1, -0.05) is 5.21 Å². The summed E-state index contributed by atoms with van der Waals surface area (Å²) in [6.45, 7) is 0.547. The summed E-state index contributed by atoms with van der Waals surface area (Å²) in [6, 6.07) is 4.51. The van der Waals surface area contributed by atoms with E-state index in [-0.39, 0.29) is 5.82 Å². The second-order valence-corrected chi connectivity index (χ2v) is 4.18. The van der Waals surface area contributed by atoms with Gasteiger partial charge in [-0.3, -0.25) is 4.68 Å². The summed E-state index contributed by atoms with van der Waals surface area (Å²) in [7, 11) is 1.81. The van der Waals surface area contributed by atoms with E-state index in [0.29, 0.717) is 12.2 Å². The van der Waals surface area contributed by atoms with Crippen LogP contribution in [-0.4, -0.2) is 15.0 Å². The lowest BCUT2D eigenvalue weighted by Gasteiger charge is -2.08. The maximum absolute atomic E-state index is 13.0. The van der Waals surface area contributed by atoms with Crippen molar-refractivity contribution in [1.82, 2.24) is 15.0 Å². The Balaban J connectivity index is 2.10. The van der Waals surface area contributed by atoms with Crippen molar-refractivity contribution in [1.29, 1.82) is 0 Å². The number of aryl methyl sites for hydroxylation is 1. The summed E-state index contributed by atoms with van der Waals surface area (Å²) in [5, 5.41) is 10.7. The zero-order valence-electron chi connectivity index (χ0n) is 8.61. The maximum Gasteiger partial charge on any atom is 0.125 e. The Morgan fingerprint density at radius 3 is 3.00 bits per heavy atom. The summed E-state index contributed by atoms with van der Waals surface area (Å²) < 4.78 is 15.5. The summed E-state index contributed by atoms with van der Waals surface area (Å²) in [5.74, 6) is -0.270. The second kappa shape index (κ2) is 4.61. The van der Waals surface area contributed by atoms with Gasteiger partial charge in [-0.05, 0) is 34.1 Å². The maximum atomic E-state index is 13.0. The van der Waals surface area contributed by atoms with Crippen LogP contribution >= 0.6 is 15.9 Å². The molecule has 0 radical (unpaired) electrons. The SMILES string of the molecule is Cn1nncc1CNc1cc(F)ccc1Br. The Kier molecular flexibility index (Phi) is 3.19. The smallest absolute Gasteiger partial charge is 0.125 e. The van der Waals surface area contributed by atoms with E-state index in [9.17, 15) is 4.39 Å². The standard InChI is InChI=1S/C10H10BrFN4/c1-16-8(6-14-15-16)5-13-10-4-7(12)2-3-9(10)11/h2-4,6,13H,5H2,1H3. The van der Waals surface area contributed by atoms with Gasteiger partial charge in [0.15, 0.2) is 0 Å². The van der Waals surface area contributed by atoms with Crippen LogP contribution in [0.1, 0.15) is 5.69 Å². The Morgan fingerprint density at radius 1 is 1.50 bits per heavy atom. The molecule has 0 bridgehead atoms. The number of anilines is 1. The van der Waals surface area contributed by atoms with Crippen LogP contribution < -0.4 is 5.32 Å². The Morgan fingerprint density at radius 2 is 2.31 bits per heavy atom. The van der Waals surface area contributed by atoms with Crippen molar-refractivity contribution in [3.63, 3.8) is 0 Å². The molecule has 4 nitrogen and oxygen atoms in total. The van der Waals surface area contributed by atoms with E-state index in [4.69, 9.17) is 0 Å². The fourth-order valence-electron chi connectivity index (χ4n) is 1.29.